The Morgan fingerprint density at radius 2 is 1.95 bits per heavy atom. The number of amides is 1. The molecule has 22 heavy (non-hydrogen) atoms. The fourth-order valence-electron chi connectivity index (χ4n) is 2.49. The van der Waals surface area contributed by atoms with Crippen LogP contribution < -0.4 is 5.32 Å². The normalized spacial score (nSPS) is 14.6. The SMILES string of the molecule is Cc1c(Br)cc(Br)c2c1C(=Cc1ccccc1C#N)C(=O)N2. The minimum atomic E-state index is -0.162. The summed E-state index contributed by atoms with van der Waals surface area (Å²) in [5.74, 6) is -0.162. The van der Waals surface area contributed by atoms with Gasteiger partial charge in [0.15, 0.2) is 0 Å². The maximum Gasteiger partial charge on any atom is 0.256 e. The highest BCUT2D eigenvalue weighted by atomic mass is 79.9. The van der Waals surface area contributed by atoms with Crippen molar-refractivity contribution in [1.82, 2.24) is 0 Å². The predicted molar refractivity (Wildman–Crippen MR) is 94.2 cm³/mol. The van der Waals surface area contributed by atoms with Gasteiger partial charge < -0.3 is 5.32 Å². The molecular formula is C17H10Br2N2O. The first-order valence-corrected chi connectivity index (χ1v) is 8.12. The van der Waals surface area contributed by atoms with E-state index in [0.717, 1.165) is 31.3 Å². The van der Waals surface area contributed by atoms with Crippen molar-refractivity contribution in [2.24, 2.45) is 0 Å². The number of nitriles is 1. The molecule has 2 aromatic carbocycles. The second kappa shape index (κ2) is 5.71. The molecule has 3 rings (SSSR count). The Bertz CT molecular complexity index is 879. The molecule has 0 saturated heterocycles. The molecule has 0 saturated carbocycles. The molecule has 1 aliphatic rings. The summed E-state index contributed by atoms with van der Waals surface area (Å²) in [5.41, 5.74) is 4.46. The van der Waals surface area contributed by atoms with E-state index in [1.165, 1.54) is 0 Å². The van der Waals surface area contributed by atoms with Crippen molar-refractivity contribution in [3.05, 3.63) is 61.5 Å². The van der Waals surface area contributed by atoms with Gasteiger partial charge in [0.05, 0.1) is 17.3 Å². The van der Waals surface area contributed by atoms with E-state index in [2.05, 4.69) is 43.2 Å². The van der Waals surface area contributed by atoms with Crippen molar-refractivity contribution in [1.29, 1.82) is 5.26 Å². The molecule has 2 aromatic rings. The highest BCUT2D eigenvalue weighted by Crippen LogP contribution is 2.43. The summed E-state index contributed by atoms with van der Waals surface area (Å²) >= 11 is 6.99. The van der Waals surface area contributed by atoms with E-state index in [0.29, 0.717) is 11.1 Å². The van der Waals surface area contributed by atoms with Crippen LogP contribution in [0.5, 0.6) is 0 Å². The van der Waals surface area contributed by atoms with Gasteiger partial charge in [0.2, 0.25) is 0 Å². The first-order chi connectivity index (χ1) is 10.5. The molecule has 0 aliphatic carbocycles. The van der Waals surface area contributed by atoms with Crippen LogP contribution in [0.4, 0.5) is 5.69 Å². The Balaban J connectivity index is 2.26. The number of fused-ring (bicyclic) bond motifs is 1. The number of hydrogen-bond donors (Lipinski definition) is 1. The Morgan fingerprint density at radius 1 is 1.23 bits per heavy atom. The fourth-order valence-corrected chi connectivity index (χ4v) is 3.75. The molecule has 0 aromatic heterocycles. The summed E-state index contributed by atoms with van der Waals surface area (Å²) in [6.45, 7) is 1.96. The summed E-state index contributed by atoms with van der Waals surface area (Å²) in [6, 6.07) is 11.3. The fraction of sp³-hybridized carbons (Fsp3) is 0.0588. The van der Waals surface area contributed by atoms with E-state index in [1.807, 2.05) is 31.2 Å². The van der Waals surface area contributed by atoms with Crippen LogP contribution >= 0.6 is 31.9 Å². The molecule has 0 spiro atoms. The lowest BCUT2D eigenvalue weighted by molar-refractivity contribution is -0.110. The number of halogens is 2. The summed E-state index contributed by atoms with van der Waals surface area (Å²) in [6.07, 6.45) is 1.77. The van der Waals surface area contributed by atoms with Crippen LogP contribution in [0.25, 0.3) is 11.6 Å². The molecule has 108 valence electrons. The van der Waals surface area contributed by atoms with E-state index in [-0.39, 0.29) is 5.91 Å². The van der Waals surface area contributed by atoms with Gasteiger partial charge in [0.1, 0.15) is 0 Å². The maximum absolute atomic E-state index is 12.4. The summed E-state index contributed by atoms with van der Waals surface area (Å²) in [7, 11) is 0. The van der Waals surface area contributed by atoms with E-state index in [9.17, 15) is 10.1 Å². The van der Waals surface area contributed by atoms with Gasteiger partial charge in [-0.1, -0.05) is 34.1 Å². The Labute approximate surface area is 144 Å². The number of carbonyl (C=O) groups excluding carboxylic acids is 1. The second-order valence-corrected chi connectivity index (χ2v) is 6.64. The van der Waals surface area contributed by atoms with Crippen molar-refractivity contribution in [3.8, 4) is 6.07 Å². The van der Waals surface area contributed by atoms with Crippen LogP contribution in [-0.4, -0.2) is 5.91 Å². The Morgan fingerprint density at radius 3 is 2.68 bits per heavy atom. The average molecular weight is 418 g/mol. The van der Waals surface area contributed by atoms with Gasteiger partial charge in [-0.25, -0.2) is 0 Å². The molecule has 0 unspecified atom stereocenters. The van der Waals surface area contributed by atoms with Crippen LogP contribution in [-0.2, 0) is 4.79 Å². The number of hydrogen-bond acceptors (Lipinski definition) is 2. The van der Waals surface area contributed by atoms with Crippen molar-refractivity contribution in [3.63, 3.8) is 0 Å². The molecular weight excluding hydrogens is 408 g/mol. The number of nitrogens with one attached hydrogen (secondary N) is 1. The first kappa shape index (κ1) is 15.0. The molecule has 1 aliphatic heterocycles. The zero-order valence-electron chi connectivity index (χ0n) is 11.6. The summed E-state index contributed by atoms with van der Waals surface area (Å²) < 4.78 is 1.75. The third-order valence-electron chi connectivity index (χ3n) is 3.61. The topological polar surface area (TPSA) is 52.9 Å². The van der Waals surface area contributed by atoms with Gasteiger partial charge >= 0.3 is 0 Å². The highest BCUT2D eigenvalue weighted by molar-refractivity contribution is 9.11. The van der Waals surface area contributed by atoms with E-state index < -0.39 is 0 Å². The predicted octanol–water partition coefficient (Wildman–Crippen LogP) is 4.88. The Kier molecular flexibility index (Phi) is 3.90. The van der Waals surface area contributed by atoms with Crippen molar-refractivity contribution in [2.45, 2.75) is 6.92 Å². The number of anilines is 1. The minimum absolute atomic E-state index is 0.162. The lowest BCUT2D eigenvalue weighted by Gasteiger charge is -2.08. The lowest BCUT2D eigenvalue weighted by atomic mass is 9.98. The lowest BCUT2D eigenvalue weighted by Crippen LogP contribution is -2.04. The van der Waals surface area contributed by atoms with E-state index in [4.69, 9.17) is 0 Å². The zero-order valence-corrected chi connectivity index (χ0v) is 14.7. The molecule has 1 heterocycles. The Hall–Kier alpha value is -1.90. The van der Waals surface area contributed by atoms with Crippen LogP contribution in [0.2, 0.25) is 0 Å². The van der Waals surface area contributed by atoms with E-state index in [1.54, 1.807) is 12.1 Å². The largest absolute Gasteiger partial charge is 0.320 e. The third-order valence-corrected chi connectivity index (χ3v) is 5.06. The van der Waals surface area contributed by atoms with Gasteiger partial charge in [-0.05, 0) is 52.2 Å². The van der Waals surface area contributed by atoms with Crippen LogP contribution in [0, 0.1) is 18.3 Å². The molecule has 3 nitrogen and oxygen atoms in total. The van der Waals surface area contributed by atoms with Gasteiger partial charge in [0.25, 0.3) is 5.91 Å². The second-order valence-electron chi connectivity index (χ2n) is 4.93. The van der Waals surface area contributed by atoms with Crippen LogP contribution in [0.1, 0.15) is 22.3 Å². The highest BCUT2D eigenvalue weighted by Gasteiger charge is 2.29. The summed E-state index contributed by atoms with van der Waals surface area (Å²) in [5, 5.41) is 12.1. The quantitative estimate of drug-likeness (QED) is 0.672. The van der Waals surface area contributed by atoms with Crippen molar-refractivity contribution < 1.29 is 4.79 Å². The van der Waals surface area contributed by atoms with Gasteiger partial charge in [-0.15, -0.1) is 0 Å². The molecule has 1 amide bonds. The smallest absolute Gasteiger partial charge is 0.256 e. The third kappa shape index (κ3) is 2.39. The monoisotopic (exact) mass is 416 g/mol. The van der Waals surface area contributed by atoms with E-state index >= 15 is 0 Å². The molecule has 1 N–H and O–H groups in total. The minimum Gasteiger partial charge on any atom is -0.320 e. The molecule has 0 bridgehead atoms. The van der Waals surface area contributed by atoms with Gasteiger partial charge in [-0.3, -0.25) is 4.79 Å². The number of benzene rings is 2. The molecule has 0 radical (unpaired) electrons. The molecule has 5 heteroatoms. The van der Waals surface area contributed by atoms with Crippen LogP contribution in [0.3, 0.4) is 0 Å². The first-order valence-electron chi connectivity index (χ1n) is 6.54. The van der Waals surface area contributed by atoms with Gasteiger partial charge in [-0.2, -0.15) is 5.26 Å². The van der Waals surface area contributed by atoms with Crippen molar-refractivity contribution >= 4 is 55.1 Å². The number of nitrogens with zero attached hydrogens (tertiary/aromatic N) is 1. The maximum atomic E-state index is 12.4. The average Bonchev–Trinajstić information content (AvgIpc) is 2.83. The zero-order chi connectivity index (χ0) is 15.9. The summed E-state index contributed by atoms with van der Waals surface area (Å²) in [4.78, 5) is 12.4. The number of rotatable bonds is 1. The van der Waals surface area contributed by atoms with Crippen molar-refractivity contribution in [2.75, 3.05) is 5.32 Å². The molecule has 0 atom stereocenters. The van der Waals surface area contributed by atoms with Crippen LogP contribution in [0.15, 0.2) is 39.3 Å². The molecule has 0 fully saturated rings. The van der Waals surface area contributed by atoms with Gasteiger partial charge in [0, 0.05) is 20.1 Å². The standard InChI is InChI=1S/C17H10Br2N2O/c1-9-13(18)7-14(19)16-15(9)12(17(22)21-16)6-10-4-2-3-5-11(10)8-20/h2-7H,1H3,(H,21,22). The number of carbonyl (C=O) groups is 1.